The molecule has 0 N–H and O–H groups in total. The lowest BCUT2D eigenvalue weighted by atomic mass is 9.94. The molecule has 3 aromatic rings. The predicted octanol–water partition coefficient (Wildman–Crippen LogP) is 4.60. The Hall–Kier alpha value is -3.08. The van der Waals surface area contributed by atoms with Gasteiger partial charge in [0.25, 0.3) is 5.91 Å². The van der Waals surface area contributed by atoms with Crippen LogP contribution in [0.1, 0.15) is 46.8 Å². The van der Waals surface area contributed by atoms with Crippen LogP contribution in [-0.2, 0) is 0 Å². The van der Waals surface area contributed by atoms with Crippen molar-refractivity contribution in [3.8, 4) is 11.4 Å². The number of methoxy groups -OCH3 is 1. The summed E-state index contributed by atoms with van der Waals surface area (Å²) >= 11 is 0. The van der Waals surface area contributed by atoms with Crippen LogP contribution in [-0.4, -0.2) is 40.8 Å². The van der Waals surface area contributed by atoms with Crippen LogP contribution in [0, 0.1) is 6.92 Å². The van der Waals surface area contributed by atoms with Crippen molar-refractivity contribution in [3.63, 3.8) is 0 Å². The van der Waals surface area contributed by atoms with Gasteiger partial charge in [-0.25, -0.2) is 4.68 Å². The van der Waals surface area contributed by atoms with Gasteiger partial charge in [-0.05, 0) is 49.6 Å². The van der Waals surface area contributed by atoms with Gasteiger partial charge in [0.2, 0.25) is 0 Å². The van der Waals surface area contributed by atoms with Crippen LogP contribution < -0.4 is 4.74 Å². The molecule has 4 rings (SSSR count). The van der Waals surface area contributed by atoms with Crippen LogP contribution in [0.25, 0.3) is 5.69 Å². The van der Waals surface area contributed by atoms with Gasteiger partial charge in [-0.1, -0.05) is 36.8 Å². The first-order valence-electron chi connectivity index (χ1n) is 10.2. The fraction of sp³-hybridized carbons (Fsp3) is 0.333. The van der Waals surface area contributed by atoms with E-state index in [1.54, 1.807) is 13.3 Å². The summed E-state index contributed by atoms with van der Waals surface area (Å²) in [6.07, 6.45) is 4.96. The molecule has 150 valence electrons. The molecule has 0 spiro atoms. The molecule has 0 saturated carbocycles. The number of amides is 1. The Morgan fingerprint density at radius 2 is 1.83 bits per heavy atom. The largest absolute Gasteiger partial charge is 0.497 e. The van der Waals surface area contributed by atoms with E-state index in [2.05, 4.69) is 17.2 Å². The van der Waals surface area contributed by atoms with Gasteiger partial charge < -0.3 is 9.64 Å². The molecule has 1 aliphatic rings. The van der Waals surface area contributed by atoms with Crippen LogP contribution in [0.4, 0.5) is 0 Å². The predicted molar refractivity (Wildman–Crippen MR) is 114 cm³/mol. The normalized spacial score (nSPS) is 17.0. The number of hydrogen-bond donors (Lipinski definition) is 0. The standard InChI is InChI=1S/C24H27N3O2/c1-18-23(16-25-27(18)21-9-4-3-5-10-21)24(28)26-15-7-6-8-20(17-26)19-11-13-22(29-2)14-12-19/h3-5,9-14,16,20H,6-8,15,17H2,1-2H3. The van der Waals surface area contributed by atoms with Crippen molar-refractivity contribution in [3.05, 3.63) is 77.6 Å². The minimum Gasteiger partial charge on any atom is -0.497 e. The number of carbonyl (C=O) groups excluding carboxylic acids is 1. The highest BCUT2D eigenvalue weighted by atomic mass is 16.5. The van der Waals surface area contributed by atoms with E-state index in [0.717, 1.165) is 49.5 Å². The van der Waals surface area contributed by atoms with Crippen molar-refractivity contribution in [2.75, 3.05) is 20.2 Å². The lowest BCUT2D eigenvalue weighted by Gasteiger charge is -2.25. The molecule has 1 atom stereocenters. The van der Waals surface area contributed by atoms with Gasteiger partial charge in [-0.3, -0.25) is 4.79 Å². The summed E-state index contributed by atoms with van der Waals surface area (Å²) in [5, 5.41) is 4.48. The number of nitrogens with zero attached hydrogens (tertiary/aromatic N) is 3. The van der Waals surface area contributed by atoms with Crippen molar-refractivity contribution in [1.29, 1.82) is 0 Å². The third-order valence-electron chi connectivity index (χ3n) is 5.79. The second-order valence-corrected chi connectivity index (χ2v) is 7.61. The van der Waals surface area contributed by atoms with Crippen molar-refractivity contribution >= 4 is 5.91 Å². The van der Waals surface area contributed by atoms with E-state index in [-0.39, 0.29) is 5.91 Å². The summed E-state index contributed by atoms with van der Waals surface area (Å²) in [6.45, 7) is 3.49. The number of aromatic nitrogens is 2. The van der Waals surface area contributed by atoms with Gasteiger partial charge >= 0.3 is 0 Å². The molecule has 1 aromatic heterocycles. The molecule has 1 amide bonds. The molecular formula is C24H27N3O2. The van der Waals surface area contributed by atoms with E-state index < -0.39 is 0 Å². The Balaban J connectivity index is 1.55. The Morgan fingerprint density at radius 1 is 1.07 bits per heavy atom. The fourth-order valence-electron chi connectivity index (χ4n) is 4.09. The lowest BCUT2D eigenvalue weighted by Crippen LogP contribution is -2.34. The van der Waals surface area contributed by atoms with Gasteiger partial charge in [0.1, 0.15) is 5.75 Å². The molecular weight excluding hydrogens is 362 g/mol. The first-order valence-corrected chi connectivity index (χ1v) is 10.2. The molecule has 0 bridgehead atoms. The van der Waals surface area contributed by atoms with Crippen LogP contribution in [0.15, 0.2) is 60.8 Å². The third-order valence-corrected chi connectivity index (χ3v) is 5.79. The van der Waals surface area contributed by atoms with Crippen molar-refractivity contribution in [2.24, 2.45) is 0 Å². The van der Waals surface area contributed by atoms with E-state index in [0.29, 0.717) is 11.5 Å². The molecule has 1 saturated heterocycles. The number of ether oxygens (including phenoxy) is 1. The molecule has 0 radical (unpaired) electrons. The number of likely N-dealkylation sites (tertiary alicyclic amines) is 1. The SMILES string of the molecule is COc1ccc(C2CCCCN(C(=O)c3cnn(-c4ccccc4)c3C)C2)cc1. The molecule has 1 unspecified atom stereocenters. The fourth-order valence-corrected chi connectivity index (χ4v) is 4.09. The van der Waals surface area contributed by atoms with Crippen LogP contribution in [0.3, 0.4) is 0 Å². The number of hydrogen-bond acceptors (Lipinski definition) is 3. The smallest absolute Gasteiger partial charge is 0.257 e. The Bertz CT molecular complexity index is 964. The number of benzene rings is 2. The summed E-state index contributed by atoms with van der Waals surface area (Å²) in [5.74, 6) is 1.28. The zero-order valence-corrected chi connectivity index (χ0v) is 17.0. The molecule has 2 heterocycles. The Kier molecular flexibility index (Phi) is 5.65. The van der Waals surface area contributed by atoms with Gasteiger partial charge in [-0.2, -0.15) is 5.10 Å². The highest BCUT2D eigenvalue weighted by molar-refractivity contribution is 5.95. The maximum absolute atomic E-state index is 13.3. The minimum atomic E-state index is 0.0742. The first kappa shape index (κ1) is 19.2. The number of carbonyl (C=O) groups is 1. The average molecular weight is 389 g/mol. The Morgan fingerprint density at radius 3 is 2.55 bits per heavy atom. The van der Waals surface area contributed by atoms with Crippen molar-refractivity contribution in [1.82, 2.24) is 14.7 Å². The summed E-state index contributed by atoms with van der Waals surface area (Å²) in [7, 11) is 1.68. The summed E-state index contributed by atoms with van der Waals surface area (Å²) < 4.78 is 7.12. The molecule has 1 aliphatic heterocycles. The van der Waals surface area contributed by atoms with Gasteiger partial charge in [0.05, 0.1) is 30.3 Å². The zero-order chi connectivity index (χ0) is 20.2. The molecule has 29 heavy (non-hydrogen) atoms. The van der Waals surface area contributed by atoms with Crippen LogP contribution >= 0.6 is 0 Å². The quantitative estimate of drug-likeness (QED) is 0.655. The maximum atomic E-state index is 13.3. The van der Waals surface area contributed by atoms with Gasteiger partial charge in [0.15, 0.2) is 0 Å². The highest BCUT2D eigenvalue weighted by Crippen LogP contribution is 2.29. The van der Waals surface area contributed by atoms with E-state index in [9.17, 15) is 4.79 Å². The second kappa shape index (κ2) is 8.52. The first-order chi connectivity index (χ1) is 14.2. The molecule has 0 aliphatic carbocycles. The zero-order valence-electron chi connectivity index (χ0n) is 17.0. The number of rotatable bonds is 4. The molecule has 2 aromatic carbocycles. The molecule has 5 heteroatoms. The van der Waals surface area contributed by atoms with Crippen LogP contribution in [0.5, 0.6) is 5.75 Å². The highest BCUT2D eigenvalue weighted by Gasteiger charge is 2.26. The topological polar surface area (TPSA) is 47.4 Å². The van der Waals surface area contributed by atoms with Gasteiger partial charge in [-0.15, -0.1) is 0 Å². The summed E-state index contributed by atoms with van der Waals surface area (Å²) in [4.78, 5) is 15.3. The van der Waals surface area contributed by atoms with E-state index in [1.165, 1.54) is 5.56 Å². The van der Waals surface area contributed by atoms with E-state index >= 15 is 0 Å². The summed E-state index contributed by atoms with van der Waals surface area (Å²) in [5.41, 5.74) is 3.80. The van der Waals surface area contributed by atoms with Gasteiger partial charge in [0, 0.05) is 19.0 Å². The second-order valence-electron chi connectivity index (χ2n) is 7.61. The third kappa shape index (κ3) is 4.04. The summed E-state index contributed by atoms with van der Waals surface area (Å²) in [6, 6.07) is 18.2. The number of para-hydroxylation sites is 1. The van der Waals surface area contributed by atoms with E-state index in [1.807, 2.05) is 59.0 Å². The molecule has 1 fully saturated rings. The lowest BCUT2D eigenvalue weighted by molar-refractivity contribution is 0.0753. The average Bonchev–Trinajstić information content (AvgIpc) is 2.99. The van der Waals surface area contributed by atoms with E-state index in [4.69, 9.17) is 4.74 Å². The maximum Gasteiger partial charge on any atom is 0.257 e. The van der Waals surface area contributed by atoms with Crippen LogP contribution in [0.2, 0.25) is 0 Å². The van der Waals surface area contributed by atoms with Crippen molar-refractivity contribution < 1.29 is 9.53 Å². The Labute approximate surface area is 171 Å². The monoisotopic (exact) mass is 389 g/mol. The molecule has 5 nitrogen and oxygen atoms in total. The van der Waals surface area contributed by atoms with Crippen molar-refractivity contribution in [2.45, 2.75) is 32.1 Å². The minimum absolute atomic E-state index is 0.0742.